The molecule has 0 saturated carbocycles. The minimum absolute atomic E-state index is 0.0484. The van der Waals surface area contributed by atoms with E-state index in [1.54, 1.807) is 0 Å². The van der Waals surface area contributed by atoms with Gasteiger partial charge in [-0.1, -0.05) is 0 Å². The zero-order valence-corrected chi connectivity index (χ0v) is 13.3. The molecule has 1 N–H and O–H groups in total. The van der Waals surface area contributed by atoms with Gasteiger partial charge in [-0.25, -0.2) is 0 Å². The largest absolute Gasteiger partial charge is 0.497 e. The van der Waals surface area contributed by atoms with Gasteiger partial charge in [0.15, 0.2) is 11.6 Å². The molecule has 0 radical (unpaired) electrons. The summed E-state index contributed by atoms with van der Waals surface area (Å²) in [6.45, 7) is 2.27. The van der Waals surface area contributed by atoms with E-state index in [-0.39, 0.29) is 23.3 Å². The van der Waals surface area contributed by atoms with Crippen LogP contribution in [0, 0.1) is 0 Å². The van der Waals surface area contributed by atoms with Crippen LogP contribution in [-0.4, -0.2) is 36.9 Å². The van der Waals surface area contributed by atoms with Crippen molar-refractivity contribution in [3.63, 3.8) is 0 Å². The average Bonchev–Trinajstić information content (AvgIpc) is 2.49. The first-order valence-electron chi connectivity index (χ1n) is 6.96. The Kier molecular flexibility index (Phi) is 4.42. The highest BCUT2D eigenvalue weighted by Crippen LogP contribution is 2.47. The highest BCUT2D eigenvalue weighted by atomic mass is 16.6. The molecule has 0 bridgehead atoms. The van der Waals surface area contributed by atoms with E-state index in [0.29, 0.717) is 5.75 Å². The number of Topliss-reactive ketones (excluding diaryl/α,β-unsaturated/α-hetero) is 2. The van der Waals surface area contributed by atoms with E-state index in [4.69, 9.17) is 14.2 Å². The molecule has 124 valence electrons. The SMILES string of the molecule is COc1cc(OC)c2c(c1)C(O)CC(=O)C2(OC(C)=O)C(C)=O. The molecule has 2 unspecified atom stereocenters. The molecule has 1 aliphatic carbocycles. The zero-order valence-electron chi connectivity index (χ0n) is 13.3. The molecule has 7 heteroatoms. The second-order valence-corrected chi connectivity index (χ2v) is 5.27. The number of fused-ring (bicyclic) bond motifs is 1. The third-order valence-corrected chi connectivity index (χ3v) is 3.84. The standard InChI is InChI=1S/C16H18O7/c1-8(17)16(23-9(2)18)14(20)7-12(19)11-5-10(21-3)6-13(22-4)15(11)16/h5-6,12,19H,7H2,1-4H3. The third kappa shape index (κ3) is 2.57. The Bertz CT molecular complexity index is 679. The molecule has 0 fully saturated rings. The summed E-state index contributed by atoms with van der Waals surface area (Å²) >= 11 is 0. The topological polar surface area (TPSA) is 99.1 Å². The lowest BCUT2D eigenvalue weighted by atomic mass is 9.74. The van der Waals surface area contributed by atoms with Gasteiger partial charge in [-0.05, 0) is 18.6 Å². The lowest BCUT2D eigenvalue weighted by Crippen LogP contribution is -2.50. The summed E-state index contributed by atoms with van der Waals surface area (Å²) in [6.07, 6.45) is -1.50. The highest BCUT2D eigenvalue weighted by Gasteiger charge is 2.55. The minimum atomic E-state index is -2.11. The summed E-state index contributed by atoms with van der Waals surface area (Å²) in [5.41, 5.74) is -1.80. The van der Waals surface area contributed by atoms with E-state index in [1.165, 1.54) is 26.4 Å². The fourth-order valence-electron chi connectivity index (χ4n) is 2.87. The number of hydrogen-bond donors (Lipinski definition) is 1. The molecule has 0 aromatic heterocycles. The van der Waals surface area contributed by atoms with Gasteiger partial charge in [0.25, 0.3) is 5.60 Å². The molecule has 0 heterocycles. The number of aliphatic hydroxyl groups excluding tert-OH is 1. The van der Waals surface area contributed by atoms with Crippen molar-refractivity contribution < 1.29 is 33.7 Å². The van der Waals surface area contributed by atoms with Gasteiger partial charge in [0.05, 0.1) is 25.9 Å². The first kappa shape index (κ1) is 17.0. The van der Waals surface area contributed by atoms with Gasteiger partial charge in [0.2, 0.25) is 0 Å². The Balaban J connectivity index is 2.86. The van der Waals surface area contributed by atoms with Crippen molar-refractivity contribution in [3.8, 4) is 11.5 Å². The Morgan fingerprint density at radius 3 is 2.35 bits per heavy atom. The summed E-state index contributed by atoms with van der Waals surface area (Å²) in [7, 11) is 2.78. The lowest BCUT2D eigenvalue weighted by Gasteiger charge is -2.37. The Hall–Kier alpha value is -2.41. The van der Waals surface area contributed by atoms with Gasteiger partial charge >= 0.3 is 5.97 Å². The molecule has 0 spiro atoms. The maximum atomic E-state index is 12.5. The molecular formula is C16H18O7. The van der Waals surface area contributed by atoms with E-state index >= 15 is 0 Å². The first-order valence-corrected chi connectivity index (χ1v) is 6.96. The second-order valence-electron chi connectivity index (χ2n) is 5.27. The second kappa shape index (κ2) is 6.00. The zero-order chi connectivity index (χ0) is 17.4. The molecule has 0 aliphatic heterocycles. The summed E-state index contributed by atoms with van der Waals surface area (Å²) in [5, 5.41) is 10.2. The quantitative estimate of drug-likeness (QED) is 0.653. The maximum Gasteiger partial charge on any atom is 0.304 e. The number of benzene rings is 1. The summed E-state index contributed by atoms with van der Waals surface area (Å²) in [5.74, 6) is -1.62. The fourth-order valence-corrected chi connectivity index (χ4v) is 2.87. The predicted octanol–water partition coefficient (Wildman–Crippen LogP) is 1.06. The number of esters is 1. The molecular weight excluding hydrogens is 304 g/mol. The predicted molar refractivity (Wildman–Crippen MR) is 78.3 cm³/mol. The summed E-state index contributed by atoms with van der Waals surface area (Å²) < 4.78 is 15.6. The number of hydrogen-bond acceptors (Lipinski definition) is 7. The van der Waals surface area contributed by atoms with Crippen LogP contribution < -0.4 is 9.47 Å². The summed E-state index contributed by atoms with van der Waals surface area (Å²) in [6, 6.07) is 2.96. The Labute approximate surface area is 133 Å². The smallest absolute Gasteiger partial charge is 0.304 e. The van der Waals surface area contributed by atoms with Crippen LogP contribution in [0.2, 0.25) is 0 Å². The molecule has 1 aliphatic rings. The van der Waals surface area contributed by atoms with Crippen molar-refractivity contribution in [2.45, 2.75) is 32.0 Å². The highest BCUT2D eigenvalue weighted by molar-refractivity contribution is 6.13. The number of carbonyl (C=O) groups is 3. The third-order valence-electron chi connectivity index (χ3n) is 3.84. The number of ether oxygens (including phenoxy) is 3. The molecule has 7 nitrogen and oxygen atoms in total. The number of ketones is 2. The average molecular weight is 322 g/mol. The monoisotopic (exact) mass is 322 g/mol. The van der Waals surface area contributed by atoms with E-state index in [1.807, 2.05) is 0 Å². The van der Waals surface area contributed by atoms with Gasteiger partial charge in [0.1, 0.15) is 11.5 Å². The van der Waals surface area contributed by atoms with Crippen molar-refractivity contribution >= 4 is 17.5 Å². The molecule has 1 aromatic rings. The number of rotatable bonds is 4. The lowest BCUT2D eigenvalue weighted by molar-refractivity contribution is -0.175. The Morgan fingerprint density at radius 1 is 1.22 bits per heavy atom. The Morgan fingerprint density at radius 2 is 1.87 bits per heavy atom. The molecule has 23 heavy (non-hydrogen) atoms. The number of aliphatic hydroxyl groups is 1. The van der Waals surface area contributed by atoms with Crippen LogP contribution in [0.4, 0.5) is 0 Å². The van der Waals surface area contributed by atoms with E-state index in [2.05, 4.69) is 0 Å². The van der Waals surface area contributed by atoms with E-state index in [0.717, 1.165) is 13.8 Å². The molecule has 0 amide bonds. The van der Waals surface area contributed by atoms with Crippen LogP contribution in [0.3, 0.4) is 0 Å². The minimum Gasteiger partial charge on any atom is -0.497 e. The van der Waals surface area contributed by atoms with Crippen molar-refractivity contribution in [2.24, 2.45) is 0 Å². The van der Waals surface area contributed by atoms with Crippen molar-refractivity contribution in [1.29, 1.82) is 0 Å². The maximum absolute atomic E-state index is 12.5. The molecule has 1 aromatic carbocycles. The van der Waals surface area contributed by atoms with Crippen LogP contribution in [-0.2, 0) is 24.7 Å². The normalized spacial score (nSPS) is 23.0. The molecule has 0 saturated heterocycles. The van der Waals surface area contributed by atoms with Crippen molar-refractivity contribution in [2.75, 3.05) is 14.2 Å². The van der Waals surface area contributed by atoms with Crippen LogP contribution in [0.15, 0.2) is 12.1 Å². The first-order chi connectivity index (χ1) is 10.8. The van der Waals surface area contributed by atoms with Gasteiger partial charge in [0, 0.05) is 19.4 Å². The van der Waals surface area contributed by atoms with Crippen LogP contribution in [0.25, 0.3) is 0 Å². The van der Waals surface area contributed by atoms with Gasteiger partial charge in [-0.15, -0.1) is 0 Å². The van der Waals surface area contributed by atoms with Crippen LogP contribution in [0.1, 0.15) is 37.5 Å². The number of methoxy groups -OCH3 is 2. The van der Waals surface area contributed by atoms with Gasteiger partial charge in [-0.3, -0.25) is 14.4 Å². The molecule has 2 rings (SSSR count). The summed E-state index contributed by atoms with van der Waals surface area (Å²) in [4.78, 5) is 36.4. The van der Waals surface area contributed by atoms with Crippen molar-refractivity contribution in [1.82, 2.24) is 0 Å². The van der Waals surface area contributed by atoms with Crippen molar-refractivity contribution in [3.05, 3.63) is 23.3 Å². The number of carbonyl (C=O) groups excluding carboxylic acids is 3. The van der Waals surface area contributed by atoms with E-state index in [9.17, 15) is 19.5 Å². The van der Waals surface area contributed by atoms with Crippen LogP contribution in [0.5, 0.6) is 11.5 Å². The molecule has 2 atom stereocenters. The van der Waals surface area contributed by atoms with Gasteiger partial charge in [-0.2, -0.15) is 0 Å². The fraction of sp³-hybridized carbons (Fsp3) is 0.438. The van der Waals surface area contributed by atoms with E-state index < -0.39 is 29.2 Å². The van der Waals surface area contributed by atoms with Gasteiger partial charge < -0.3 is 19.3 Å². The van der Waals surface area contributed by atoms with Crippen LogP contribution >= 0.6 is 0 Å².